The number of nitrogens with zero attached hydrogens (tertiary/aromatic N) is 1. The van der Waals surface area contributed by atoms with Crippen molar-refractivity contribution in [1.29, 1.82) is 0 Å². The number of rotatable bonds is 6. The molecule has 0 fully saturated rings. The summed E-state index contributed by atoms with van der Waals surface area (Å²) < 4.78 is 4.96. The zero-order chi connectivity index (χ0) is 12.5. The van der Waals surface area contributed by atoms with Crippen molar-refractivity contribution in [2.75, 3.05) is 6.54 Å². The van der Waals surface area contributed by atoms with E-state index in [0.717, 1.165) is 0 Å². The molecule has 0 aliphatic rings. The molecule has 1 aromatic heterocycles. The molecule has 2 N–H and O–H groups in total. The molecule has 6 nitrogen and oxygen atoms in total. The number of hydrogen-bond acceptors (Lipinski definition) is 4. The van der Waals surface area contributed by atoms with Gasteiger partial charge in [-0.05, 0) is 12.1 Å². The van der Waals surface area contributed by atoms with Gasteiger partial charge < -0.3 is 9.73 Å². The Kier molecular flexibility index (Phi) is 5.23. The molecule has 0 saturated carbocycles. The van der Waals surface area contributed by atoms with Crippen molar-refractivity contribution in [2.24, 2.45) is 5.10 Å². The van der Waals surface area contributed by atoms with Gasteiger partial charge in [0.1, 0.15) is 12.2 Å². The maximum Gasteiger partial charge on any atom is 0.249 e. The van der Waals surface area contributed by atoms with E-state index in [4.69, 9.17) is 4.42 Å². The van der Waals surface area contributed by atoms with Crippen LogP contribution in [0.25, 0.3) is 0 Å². The summed E-state index contributed by atoms with van der Waals surface area (Å²) in [6, 6.07) is 3.39. The van der Waals surface area contributed by atoms with Crippen LogP contribution in [-0.4, -0.2) is 24.6 Å². The highest BCUT2D eigenvalue weighted by atomic mass is 16.3. The van der Waals surface area contributed by atoms with Gasteiger partial charge in [0.25, 0.3) is 0 Å². The average molecular weight is 235 g/mol. The lowest BCUT2D eigenvalue weighted by Gasteiger charge is -2.00. The number of carbonyl (C=O) groups is 2. The highest BCUT2D eigenvalue weighted by Gasteiger charge is 2.06. The van der Waals surface area contributed by atoms with Gasteiger partial charge in [0.05, 0.1) is 12.5 Å². The van der Waals surface area contributed by atoms with Gasteiger partial charge in [0.2, 0.25) is 11.8 Å². The summed E-state index contributed by atoms with van der Waals surface area (Å²) in [5.74, 6) is -0.355. The van der Waals surface area contributed by atoms with Gasteiger partial charge in [0, 0.05) is 6.54 Å². The molecule has 0 spiro atoms. The maximum absolute atomic E-state index is 11.2. The molecule has 1 rings (SSSR count). The predicted molar refractivity (Wildman–Crippen MR) is 62.3 cm³/mol. The zero-order valence-corrected chi connectivity index (χ0v) is 9.18. The van der Waals surface area contributed by atoms with Crippen LogP contribution < -0.4 is 10.7 Å². The first-order valence-corrected chi connectivity index (χ1v) is 4.95. The summed E-state index contributed by atoms with van der Waals surface area (Å²) in [5.41, 5.74) is 2.21. The summed E-state index contributed by atoms with van der Waals surface area (Å²) in [6.07, 6.45) is 4.10. The van der Waals surface area contributed by atoms with Crippen LogP contribution in [0.3, 0.4) is 0 Å². The molecule has 0 bridgehead atoms. The second-order valence-corrected chi connectivity index (χ2v) is 3.08. The second-order valence-electron chi connectivity index (χ2n) is 3.08. The van der Waals surface area contributed by atoms with Crippen LogP contribution >= 0.6 is 0 Å². The van der Waals surface area contributed by atoms with Gasteiger partial charge in [-0.15, -0.1) is 6.58 Å². The summed E-state index contributed by atoms with van der Waals surface area (Å²) >= 11 is 0. The molecule has 0 aliphatic carbocycles. The zero-order valence-electron chi connectivity index (χ0n) is 9.18. The fourth-order valence-electron chi connectivity index (χ4n) is 0.966. The second kappa shape index (κ2) is 7.00. The highest BCUT2D eigenvalue weighted by molar-refractivity contribution is 5.97. The molecule has 0 radical (unpaired) electrons. The lowest BCUT2D eigenvalue weighted by atomic mass is 10.4. The minimum absolute atomic E-state index is 0.274. The van der Waals surface area contributed by atoms with E-state index in [1.165, 1.54) is 18.6 Å². The maximum atomic E-state index is 11.2. The first-order valence-electron chi connectivity index (χ1n) is 4.95. The van der Waals surface area contributed by atoms with E-state index >= 15 is 0 Å². The van der Waals surface area contributed by atoms with Crippen LogP contribution in [0.4, 0.5) is 0 Å². The SMILES string of the molecule is C=CCNC(=O)CC(=O)N/N=C/c1ccco1. The van der Waals surface area contributed by atoms with E-state index in [-0.39, 0.29) is 12.3 Å². The molecule has 0 saturated heterocycles. The lowest BCUT2D eigenvalue weighted by molar-refractivity contribution is -0.129. The number of carbonyl (C=O) groups excluding carboxylic acids is 2. The lowest BCUT2D eigenvalue weighted by Crippen LogP contribution is -2.29. The Labute approximate surface area is 98.4 Å². The first kappa shape index (κ1) is 12.7. The quantitative estimate of drug-likeness (QED) is 0.324. The van der Waals surface area contributed by atoms with Crippen LogP contribution in [0.1, 0.15) is 12.2 Å². The predicted octanol–water partition coefficient (Wildman–Crippen LogP) is 0.422. The highest BCUT2D eigenvalue weighted by Crippen LogP contribution is 1.94. The van der Waals surface area contributed by atoms with Gasteiger partial charge >= 0.3 is 0 Å². The number of hydrazone groups is 1. The van der Waals surface area contributed by atoms with Crippen molar-refractivity contribution in [2.45, 2.75) is 6.42 Å². The Morgan fingerprint density at radius 2 is 2.29 bits per heavy atom. The van der Waals surface area contributed by atoms with Crippen LogP contribution in [0.2, 0.25) is 0 Å². The smallest absolute Gasteiger partial charge is 0.249 e. The van der Waals surface area contributed by atoms with Crippen molar-refractivity contribution in [3.63, 3.8) is 0 Å². The number of hydrogen-bond donors (Lipinski definition) is 2. The molecule has 6 heteroatoms. The van der Waals surface area contributed by atoms with E-state index < -0.39 is 5.91 Å². The topological polar surface area (TPSA) is 83.7 Å². The molecular formula is C11H13N3O3. The Hall–Kier alpha value is -2.37. The Morgan fingerprint density at radius 1 is 1.47 bits per heavy atom. The minimum atomic E-state index is -0.491. The van der Waals surface area contributed by atoms with E-state index in [2.05, 4.69) is 22.4 Å². The average Bonchev–Trinajstić information content (AvgIpc) is 2.79. The number of nitrogens with one attached hydrogen (secondary N) is 2. The summed E-state index contributed by atoms with van der Waals surface area (Å²) in [6.45, 7) is 3.78. The Morgan fingerprint density at radius 3 is 2.94 bits per heavy atom. The number of amides is 2. The Balaban J connectivity index is 2.25. The molecular weight excluding hydrogens is 222 g/mol. The third-order valence-electron chi connectivity index (χ3n) is 1.69. The third-order valence-corrected chi connectivity index (χ3v) is 1.69. The van der Waals surface area contributed by atoms with Crippen molar-refractivity contribution in [3.8, 4) is 0 Å². The van der Waals surface area contributed by atoms with E-state index in [0.29, 0.717) is 12.3 Å². The van der Waals surface area contributed by atoms with Crippen molar-refractivity contribution in [3.05, 3.63) is 36.8 Å². The summed E-state index contributed by atoms with van der Waals surface area (Å²) in [4.78, 5) is 22.3. The van der Waals surface area contributed by atoms with Crippen LogP contribution in [0, 0.1) is 0 Å². The van der Waals surface area contributed by atoms with Gasteiger partial charge in [-0.1, -0.05) is 6.08 Å². The normalized spacial score (nSPS) is 10.1. The van der Waals surface area contributed by atoms with Gasteiger partial charge in [-0.3, -0.25) is 9.59 Å². The molecule has 0 atom stereocenters. The molecule has 0 unspecified atom stereocenters. The molecule has 1 aromatic rings. The first-order chi connectivity index (χ1) is 8.22. The molecule has 0 aliphatic heterocycles. The Bertz CT molecular complexity index is 410. The molecule has 17 heavy (non-hydrogen) atoms. The fourth-order valence-corrected chi connectivity index (χ4v) is 0.966. The molecule has 90 valence electrons. The van der Waals surface area contributed by atoms with Crippen molar-refractivity contribution in [1.82, 2.24) is 10.7 Å². The van der Waals surface area contributed by atoms with Gasteiger partial charge in [-0.25, -0.2) is 5.43 Å². The summed E-state index contributed by atoms with van der Waals surface area (Å²) in [5, 5.41) is 6.11. The third kappa shape index (κ3) is 5.31. The van der Waals surface area contributed by atoms with Gasteiger partial charge in [0.15, 0.2) is 0 Å². The van der Waals surface area contributed by atoms with Gasteiger partial charge in [-0.2, -0.15) is 5.10 Å². The fraction of sp³-hybridized carbons (Fsp3) is 0.182. The summed E-state index contributed by atoms with van der Waals surface area (Å²) in [7, 11) is 0. The van der Waals surface area contributed by atoms with E-state index in [1.807, 2.05) is 0 Å². The standard InChI is InChI=1S/C11H13N3O3/c1-2-5-12-10(15)7-11(16)14-13-8-9-4-3-6-17-9/h2-4,6,8H,1,5,7H2,(H,12,15)(H,14,16)/b13-8+. The molecule has 1 heterocycles. The van der Waals surface area contributed by atoms with E-state index in [9.17, 15) is 9.59 Å². The monoisotopic (exact) mass is 235 g/mol. The van der Waals surface area contributed by atoms with Crippen LogP contribution in [0.5, 0.6) is 0 Å². The minimum Gasteiger partial charge on any atom is -0.463 e. The molecule has 0 aromatic carbocycles. The van der Waals surface area contributed by atoms with Crippen molar-refractivity contribution >= 4 is 18.0 Å². The van der Waals surface area contributed by atoms with E-state index in [1.54, 1.807) is 12.1 Å². The largest absolute Gasteiger partial charge is 0.463 e. The van der Waals surface area contributed by atoms with Crippen LogP contribution in [0.15, 0.2) is 40.6 Å². The number of furan rings is 1. The van der Waals surface area contributed by atoms with Crippen LogP contribution in [-0.2, 0) is 9.59 Å². The molecule has 2 amide bonds. The van der Waals surface area contributed by atoms with Crippen molar-refractivity contribution < 1.29 is 14.0 Å².